The zero-order chi connectivity index (χ0) is 11.5. The van der Waals surface area contributed by atoms with E-state index < -0.39 is 0 Å². The molecule has 94 valence electrons. The fraction of sp³-hybridized carbons (Fsp3) is 1.00. The van der Waals surface area contributed by atoms with Crippen LogP contribution >= 0.6 is 0 Å². The van der Waals surface area contributed by atoms with Crippen LogP contribution in [0.25, 0.3) is 0 Å². The summed E-state index contributed by atoms with van der Waals surface area (Å²) >= 11 is 0. The Kier molecular flexibility index (Phi) is 4.22. The zero-order valence-electron chi connectivity index (χ0n) is 10.9. The highest BCUT2D eigenvalue weighted by atomic mass is 15.3. The molecule has 1 saturated heterocycles. The van der Waals surface area contributed by atoms with Crippen molar-refractivity contribution < 1.29 is 0 Å². The van der Waals surface area contributed by atoms with E-state index in [1.807, 2.05) is 0 Å². The van der Waals surface area contributed by atoms with Gasteiger partial charge in [0.05, 0.1) is 0 Å². The van der Waals surface area contributed by atoms with E-state index in [9.17, 15) is 0 Å². The van der Waals surface area contributed by atoms with Crippen LogP contribution in [0, 0.1) is 5.92 Å². The van der Waals surface area contributed by atoms with Crippen molar-refractivity contribution in [2.24, 2.45) is 11.7 Å². The second kappa shape index (κ2) is 5.48. The van der Waals surface area contributed by atoms with E-state index in [1.54, 1.807) is 0 Å². The minimum Gasteiger partial charge on any atom is -0.326 e. The van der Waals surface area contributed by atoms with Crippen LogP contribution in [0.15, 0.2) is 0 Å². The number of likely N-dealkylation sites (N-methyl/N-ethyl adjacent to an activating group) is 1. The van der Waals surface area contributed by atoms with Gasteiger partial charge in [0.25, 0.3) is 0 Å². The third kappa shape index (κ3) is 2.96. The lowest BCUT2D eigenvalue weighted by Gasteiger charge is -2.40. The molecular weight excluding hydrogens is 198 g/mol. The molecule has 3 heteroatoms. The van der Waals surface area contributed by atoms with Crippen molar-refractivity contribution in [1.82, 2.24) is 9.80 Å². The third-order valence-electron chi connectivity index (χ3n) is 4.42. The minimum absolute atomic E-state index is 0.411. The van der Waals surface area contributed by atoms with Gasteiger partial charge in [-0.15, -0.1) is 0 Å². The number of nitrogens with zero attached hydrogens (tertiary/aromatic N) is 2. The first-order chi connectivity index (χ1) is 7.66. The van der Waals surface area contributed by atoms with Crippen LogP contribution in [0.1, 0.15) is 32.6 Å². The smallest absolute Gasteiger partial charge is 0.0196 e. The van der Waals surface area contributed by atoms with Gasteiger partial charge in [-0.25, -0.2) is 0 Å². The Morgan fingerprint density at radius 1 is 1.25 bits per heavy atom. The van der Waals surface area contributed by atoms with Crippen molar-refractivity contribution >= 4 is 0 Å². The quantitative estimate of drug-likeness (QED) is 0.782. The SMILES string of the molecule is CC1CN(C)CCN1CC(N)C1CCCC1. The highest BCUT2D eigenvalue weighted by Gasteiger charge is 2.27. The average Bonchev–Trinajstić information content (AvgIpc) is 2.75. The summed E-state index contributed by atoms with van der Waals surface area (Å²) in [5.41, 5.74) is 6.35. The Labute approximate surface area is 100.0 Å². The zero-order valence-corrected chi connectivity index (χ0v) is 10.9. The van der Waals surface area contributed by atoms with Gasteiger partial charge in [-0.1, -0.05) is 12.8 Å². The van der Waals surface area contributed by atoms with Gasteiger partial charge in [-0.2, -0.15) is 0 Å². The summed E-state index contributed by atoms with van der Waals surface area (Å²) in [4.78, 5) is 5.01. The largest absolute Gasteiger partial charge is 0.326 e. The first-order valence-corrected chi connectivity index (χ1v) is 6.85. The predicted octanol–water partition coefficient (Wildman–Crippen LogP) is 1.14. The van der Waals surface area contributed by atoms with Crippen LogP contribution in [0.3, 0.4) is 0 Å². The third-order valence-corrected chi connectivity index (χ3v) is 4.42. The Balaban J connectivity index is 1.79. The standard InChI is InChI=1S/C13H27N3/c1-11-9-15(2)7-8-16(11)10-13(14)12-5-3-4-6-12/h11-13H,3-10,14H2,1-2H3. The molecule has 1 heterocycles. The fourth-order valence-electron chi connectivity index (χ4n) is 3.25. The minimum atomic E-state index is 0.411. The van der Waals surface area contributed by atoms with Crippen molar-refractivity contribution in [1.29, 1.82) is 0 Å². The second-order valence-corrected chi connectivity index (χ2v) is 5.81. The Morgan fingerprint density at radius 2 is 1.94 bits per heavy atom. The van der Waals surface area contributed by atoms with Crippen LogP contribution in [-0.4, -0.2) is 55.1 Å². The van der Waals surface area contributed by atoms with E-state index in [4.69, 9.17) is 5.73 Å². The van der Waals surface area contributed by atoms with Gasteiger partial charge < -0.3 is 10.6 Å². The maximum Gasteiger partial charge on any atom is 0.0196 e. The molecule has 16 heavy (non-hydrogen) atoms. The van der Waals surface area contributed by atoms with Crippen LogP contribution in [0.5, 0.6) is 0 Å². The maximum absolute atomic E-state index is 6.35. The van der Waals surface area contributed by atoms with Crippen molar-refractivity contribution in [3.8, 4) is 0 Å². The highest BCUT2D eigenvalue weighted by Crippen LogP contribution is 2.27. The Morgan fingerprint density at radius 3 is 2.56 bits per heavy atom. The molecule has 2 rings (SSSR count). The van der Waals surface area contributed by atoms with Gasteiger partial charge >= 0.3 is 0 Å². The summed E-state index contributed by atoms with van der Waals surface area (Å²) in [7, 11) is 2.21. The van der Waals surface area contributed by atoms with E-state index >= 15 is 0 Å². The lowest BCUT2D eigenvalue weighted by atomic mass is 9.97. The molecule has 1 aliphatic carbocycles. The van der Waals surface area contributed by atoms with E-state index in [-0.39, 0.29) is 0 Å². The molecule has 2 aliphatic rings. The van der Waals surface area contributed by atoms with Crippen molar-refractivity contribution in [2.45, 2.75) is 44.7 Å². The molecule has 2 fully saturated rings. The normalized spacial score (nSPS) is 32.1. The second-order valence-electron chi connectivity index (χ2n) is 5.81. The molecule has 2 atom stereocenters. The topological polar surface area (TPSA) is 32.5 Å². The van der Waals surface area contributed by atoms with Gasteiger partial charge in [-0.05, 0) is 32.7 Å². The molecule has 0 spiro atoms. The molecule has 1 saturated carbocycles. The monoisotopic (exact) mass is 225 g/mol. The maximum atomic E-state index is 6.35. The van der Waals surface area contributed by atoms with Crippen LogP contribution in [-0.2, 0) is 0 Å². The molecule has 0 aromatic carbocycles. The van der Waals surface area contributed by atoms with Gasteiger partial charge in [0.15, 0.2) is 0 Å². The summed E-state index contributed by atoms with van der Waals surface area (Å²) in [5, 5.41) is 0. The van der Waals surface area contributed by atoms with Gasteiger partial charge in [0.2, 0.25) is 0 Å². The van der Waals surface area contributed by atoms with E-state index in [2.05, 4.69) is 23.8 Å². The molecule has 1 aliphatic heterocycles. The lowest BCUT2D eigenvalue weighted by molar-refractivity contribution is 0.0881. The Bertz CT molecular complexity index is 213. The summed E-state index contributed by atoms with van der Waals surface area (Å²) in [6.45, 7) is 7.02. The molecule has 2 N–H and O–H groups in total. The number of hydrogen-bond donors (Lipinski definition) is 1. The number of nitrogens with two attached hydrogens (primary N) is 1. The summed E-state index contributed by atoms with van der Waals surface area (Å²) < 4.78 is 0. The lowest BCUT2D eigenvalue weighted by Crippen LogP contribution is -2.54. The molecular formula is C13H27N3. The molecule has 2 unspecified atom stereocenters. The molecule has 0 bridgehead atoms. The molecule has 0 amide bonds. The summed E-state index contributed by atoms with van der Waals surface area (Å²) in [5.74, 6) is 0.798. The van der Waals surface area contributed by atoms with Crippen LogP contribution in [0.2, 0.25) is 0 Å². The van der Waals surface area contributed by atoms with Crippen molar-refractivity contribution in [2.75, 3.05) is 33.2 Å². The number of hydrogen-bond acceptors (Lipinski definition) is 3. The van der Waals surface area contributed by atoms with Gasteiger partial charge in [0.1, 0.15) is 0 Å². The fourth-order valence-corrected chi connectivity index (χ4v) is 3.25. The van der Waals surface area contributed by atoms with Crippen molar-refractivity contribution in [3.05, 3.63) is 0 Å². The first kappa shape index (κ1) is 12.3. The summed E-state index contributed by atoms with van der Waals surface area (Å²) in [6, 6.07) is 1.08. The Hall–Kier alpha value is -0.120. The van der Waals surface area contributed by atoms with E-state index in [1.165, 1.54) is 45.3 Å². The van der Waals surface area contributed by atoms with Crippen LogP contribution < -0.4 is 5.73 Å². The number of rotatable bonds is 3. The molecule has 3 nitrogen and oxygen atoms in total. The number of piperazine rings is 1. The first-order valence-electron chi connectivity index (χ1n) is 6.85. The van der Waals surface area contributed by atoms with E-state index in [0.717, 1.165) is 12.5 Å². The van der Waals surface area contributed by atoms with Crippen molar-refractivity contribution in [3.63, 3.8) is 0 Å². The molecule has 0 radical (unpaired) electrons. The van der Waals surface area contributed by atoms with E-state index in [0.29, 0.717) is 12.1 Å². The molecule has 0 aromatic heterocycles. The average molecular weight is 225 g/mol. The highest BCUT2D eigenvalue weighted by molar-refractivity contribution is 4.85. The van der Waals surface area contributed by atoms with Gasteiger partial charge in [0, 0.05) is 38.3 Å². The predicted molar refractivity (Wildman–Crippen MR) is 68.5 cm³/mol. The summed E-state index contributed by atoms with van der Waals surface area (Å²) in [6.07, 6.45) is 5.53. The van der Waals surface area contributed by atoms with Gasteiger partial charge in [-0.3, -0.25) is 4.90 Å². The molecule has 0 aromatic rings. The van der Waals surface area contributed by atoms with Crippen LogP contribution in [0.4, 0.5) is 0 Å².